The van der Waals surface area contributed by atoms with Crippen molar-refractivity contribution in [3.63, 3.8) is 0 Å². The molecule has 1 aliphatic heterocycles. The smallest absolute Gasteiger partial charge is 0.152 e. The first kappa shape index (κ1) is 14.9. The number of fused-ring (bicyclic) bond motifs is 1. The maximum Gasteiger partial charge on any atom is 0.152 e. The molecule has 0 N–H and O–H groups in total. The van der Waals surface area contributed by atoms with Gasteiger partial charge in [0, 0.05) is 17.1 Å². The maximum atomic E-state index is 12.0. The van der Waals surface area contributed by atoms with Gasteiger partial charge in [0.1, 0.15) is 5.75 Å². The van der Waals surface area contributed by atoms with Crippen LogP contribution < -0.4 is 4.74 Å². The second-order valence-electron chi connectivity index (χ2n) is 5.81. The molecule has 0 unspecified atom stereocenters. The van der Waals surface area contributed by atoms with Gasteiger partial charge >= 0.3 is 0 Å². The van der Waals surface area contributed by atoms with E-state index in [1.165, 1.54) is 5.56 Å². The Balaban J connectivity index is 2.00. The van der Waals surface area contributed by atoms with Gasteiger partial charge in [-0.1, -0.05) is 48.5 Å². The van der Waals surface area contributed by atoms with Gasteiger partial charge in [-0.15, -0.1) is 11.3 Å². The normalized spacial score (nSPS) is 16.5. The highest BCUT2D eigenvalue weighted by Crippen LogP contribution is 2.46. The zero-order valence-corrected chi connectivity index (χ0v) is 14.0. The summed E-state index contributed by atoms with van der Waals surface area (Å²) in [6, 6.07) is 20.2. The number of aryl methyl sites for hydroxylation is 1. The quantitative estimate of drug-likeness (QED) is 0.617. The average Bonchev–Trinajstić information content (AvgIpc) is 3.15. The van der Waals surface area contributed by atoms with Crippen molar-refractivity contribution in [2.24, 2.45) is 0 Å². The molecule has 2 nitrogen and oxygen atoms in total. The number of ether oxygens (including phenoxy) is 1. The first-order valence-corrected chi connectivity index (χ1v) is 8.73. The average molecular weight is 332 g/mol. The van der Waals surface area contributed by atoms with E-state index in [9.17, 15) is 4.79 Å². The van der Waals surface area contributed by atoms with Gasteiger partial charge in [0.05, 0.1) is 4.88 Å². The van der Waals surface area contributed by atoms with Gasteiger partial charge in [-0.2, -0.15) is 0 Å². The van der Waals surface area contributed by atoms with Crippen LogP contribution in [0.5, 0.6) is 5.75 Å². The number of allylic oxidation sites excluding steroid dienone is 1. The summed E-state index contributed by atoms with van der Waals surface area (Å²) >= 11 is 1.58. The van der Waals surface area contributed by atoms with Crippen molar-refractivity contribution in [2.75, 3.05) is 0 Å². The topological polar surface area (TPSA) is 26.3 Å². The van der Waals surface area contributed by atoms with Crippen molar-refractivity contribution in [3.8, 4) is 5.75 Å². The molecule has 2 heterocycles. The summed E-state index contributed by atoms with van der Waals surface area (Å²) in [4.78, 5) is 13.0. The van der Waals surface area contributed by atoms with Crippen LogP contribution >= 0.6 is 11.3 Å². The SMILES string of the molecule is Cc1ccccc1[C@@H]1C(C=O)=C(c2cccs2)Oc2ccccc21. The summed E-state index contributed by atoms with van der Waals surface area (Å²) in [5.41, 5.74) is 4.04. The second kappa shape index (κ2) is 6.10. The standard InChI is InChI=1S/C21H16O2S/c1-14-7-2-3-8-15(14)20-16-9-4-5-10-18(16)23-21(17(20)13-22)19-11-6-12-24-19/h2-13,20H,1H3/t20-/m0/s1. The van der Waals surface area contributed by atoms with Crippen LogP contribution in [-0.2, 0) is 4.79 Å². The Morgan fingerprint density at radius 1 is 0.958 bits per heavy atom. The van der Waals surface area contributed by atoms with Crippen LogP contribution in [0.1, 0.15) is 27.5 Å². The van der Waals surface area contributed by atoms with Gasteiger partial charge in [-0.05, 0) is 35.6 Å². The molecule has 0 saturated heterocycles. The van der Waals surface area contributed by atoms with Gasteiger partial charge in [0.15, 0.2) is 12.0 Å². The summed E-state index contributed by atoms with van der Waals surface area (Å²) in [5.74, 6) is 1.39. The van der Waals surface area contributed by atoms with Crippen LogP contribution in [0.15, 0.2) is 71.6 Å². The van der Waals surface area contributed by atoms with Crippen molar-refractivity contribution >= 4 is 23.4 Å². The first-order valence-electron chi connectivity index (χ1n) is 7.85. The zero-order valence-electron chi connectivity index (χ0n) is 13.2. The minimum Gasteiger partial charge on any atom is -0.455 e. The molecule has 0 bridgehead atoms. The lowest BCUT2D eigenvalue weighted by atomic mass is 9.81. The lowest BCUT2D eigenvalue weighted by Crippen LogP contribution is -2.17. The number of para-hydroxylation sites is 1. The molecule has 1 aromatic heterocycles. The Labute approximate surface area is 145 Å². The highest BCUT2D eigenvalue weighted by atomic mass is 32.1. The molecule has 0 aliphatic carbocycles. The lowest BCUT2D eigenvalue weighted by molar-refractivity contribution is -0.105. The van der Waals surface area contributed by atoms with Crippen molar-refractivity contribution < 1.29 is 9.53 Å². The minimum absolute atomic E-state index is 0.106. The Morgan fingerprint density at radius 2 is 1.71 bits per heavy atom. The number of rotatable bonds is 3. The molecule has 0 saturated carbocycles. The van der Waals surface area contributed by atoms with E-state index in [1.807, 2.05) is 53.9 Å². The predicted octanol–water partition coefficient (Wildman–Crippen LogP) is 5.19. The van der Waals surface area contributed by atoms with Gasteiger partial charge in [-0.3, -0.25) is 4.79 Å². The van der Waals surface area contributed by atoms with E-state index in [0.717, 1.165) is 28.0 Å². The summed E-state index contributed by atoms with van der Waals surface area (Å²) in [6.45, 7) is 2.08. The van der Waals surface area contributed by atoms with Gasteiger partial charge in [-0.25, -0.2) is 0 Å². The molecular weight excluding hydrogens is 316 g/mol. The van der Waals surface area contributed by atoms with Crippen LogP contribution in [0.3, 0.4) is 0 Å². The molecule has 0 radical (unpaired) electrons. The molecule has 0 spiro atoms. The number of carbonyl (C=O) groups is 1. The number of hydrogen-bond donors (Lipinski definition) is 0. The number of carbonyl (C=O) groups excluding carboxylic acids is 1. The third-order valence-electron chi connectivity index (χ3n) is 4.39. The van der Waals surface area contributed by atoms with Crippen molar-refractivity contribution in [3.05, 3.63) is 93.2 Å². The van der Waals surface area contributed by atoms with E-state index in [1.54, 1.807) is 11.3 Å². The molecule has 0 fully saturated rings. The van der Waals surface area contributed by atoms with E-state index in [2.05, 4.69) is 19.1 Å². The number of aldehydes is 1. The summed E-state index contributed by atoms with van der Waals surface area (Å²) < 4.78 is 6.13. The fourth-order valence-electron chi connectivity index (χ4n) is 3.25. The van der Waals surface area contributed by atoms with E-state index < -0.39 is 0 Å². The van der Waals surface area contributed by atoms with Crippen LogP contribution in [0.2, 0.25) is 0 Å². The fourth-order valence-corrected chi connectivity index (χ4v) is 3.97. The van der Waals surface area contributed by atoms with Crippen molar-refractivity contribution in [1.29, 1.82) is 0 Å². The minimum atomic E-state index is -0.106. The summed E-state index contributed by atoms with van der Waals surface area (Å²) in [6.07, 6.45) is 0.947. The highest BCUT2D eigenvalue weighted by Gasteiger charge is 2.32. The highest BCUT2D eigenvalue weighted by molar-refractivity contribution is 7.11. The zero-order chi connectivity index (χ0) is 16.5. The van der Waals surface area contributed by atoms with E-state index in [-0.39, 0.29) is 5.92 Å². The molecule has 0 amide bonds. The molecule has 4 rings (SSSR count). The molecule has 3 heteroatoms. The molecule has 1 aliphatic rings. The van der Waals surface area contributed by atoms with E-state index >= 15 is 0 Å². The second-order valence-corrected chi connectivity index (χ2v) is 6.76. The third kappa shape index (κ3) is 2.38. The van der Waals surface area contributed by atoms with Crippen molar-refractivity contribution in [1.82, 2.24) is 0 Å². The monoisotopic (exact) mass is 332 g/mol. The Hall–Kier alpha value is -2.65. The fraction of sp³-hybridized carbons (Fsp3) is 0.0952. The molecule has 118 valence electrons. The molecule has 2 aromatic carbocycles. The van der Waals surface area contributed by atoms with Crippen LogP contribution in [0.25, 0.3) is 5.76 Å². The van der Waals surface area contributed by atoms with Crippen LogP contribution in [-0.4, -0.2) is 6.29 Å². The van der Waals surface area contributed by atoms with E-state index in [4.69, 9.17) is 4.74 Å². The van der Waals surface area contributed by atoms with Gasteiger partial charge in [0.25, 0.3) is 0 Å². The number of benzene rings is 2. The summed E-state index contributed by atoms with van der Waals surface area (Å²) in [7, 11) is 0. The van der Waals surface area contributed by atoms with Gasteiger partial charge in [0.2, 0.25) is 0 Å². The van der Waals surface area contributed by atoms with E-state index in [0.29, 0.717) is 11.3 Å². The molecular formula is C21H16O2S. The predicted molar refractivity (Wildman–Crippen MR) is 97.4 cm³/mol. The summed E-state index contributed by atoms with van der Waals surface area (Å²) in [5, 5.41) is 2.00. The number of hydrogen-bond acceptors (Lipinski definition) is 3. The Morgan fingerprint density at radius 3 is 2.42 bits per heavy atom. The van der Waals surface area contributed by atoms with Crippen LogP contribution in [0.4, 0.5) is 0 Å². The third-order valence-corrected chi connectivity index (χ3v) is 5.26. The Bertz CT molecular complexity index is 923. The Kier molecular flexibility index (Phi) is 3.79. The largest absolute Gasteiger partial charge is 0.455 e. The van der Waals surface area contributed by atoms with Crippen molar-refractivity contribution in [2.45, 2.75) is 12.8 Å². The maximum absolute atomic E-state index is 12.0. The lowest BCUT2D eigenvalue weighted by Gasteiger charge is -2.29. The molecule has 3 aromatic rings. The first-order chi connectivity index (χ1) is 11.8. The molecule has 24 heavy (non-hydrogen) atoms. The molecule has 1 atom stereocenters. The number of thiophene rings is 1. The van der Waals surface area contributed by atoms with Crippen LogP contribution in [0, 0.1) is 6.92 Å². The van der Waals surface area contributed by atoms with Gasteiger partial charge < -0.3 is 4.74 Å².